The monoisotopic (exact) mass is 187 g/mol. The number of carbonyl (C=O) groups excluding carboxylic acids is 1. The standard InChI is InChI=1S/C7H9NO5/c1-3-2-4(6(10)11)8(5(3)9)7(12)13/h3-4H,2H2,1H3,(H,10,11)(H,12,13)/t3-,4-/m0/s1. The molecule has 1 fully saturated rings. The van der Waals surface area contributed by atoms with E-state index >= 15 is 0 Å². The van der Waals surface area contributed by atoms with E-state index in [1.807, 2.05) is 0 Å². The Labute approximate surface area is 73.8 Å². The molecule has 0 aromatic carbocycles. The molecule has 13 heavy (non-hydrogen) atoms. The smallest absolute Gasteiger partial charge is 0.414 e. The van der Waals surface area contributed by atoms with Gasteiger partial charge in [-0.15, -0.1) is 0 Å². The van der Waals surface area contributed by atoms with Crippen LogP contribution in [0.15, 0.2) is 0 Å². The summed E-state index contributed by atoms with van der Waals surface area (Å²) in [4.78, 5) is 32.6. The molecule has 0 radical (unpaired) electrons. The lowest BCUT2D eigenvalue weighted by atomic mass is 10.1. The molecule has 1 rings (SSSR count). The van der Waals surface area contributed by atoms with Crippen LogP contribution in [0.1, 0.15) is 13.3 Å². The molecule has 1 aliphatic rings. The summed E-state index contributed by atoms with van der Waals surface area (Å²) >= 11 is 0. The number of carbonyl (C=O) groups is 3. The molecule has 2 amide bonds. The first-order valence-corrected chi connectivity index (χ1v) is 3.74. The van der Waals surface area contributed by atoms with Gasteiger partial charge in [-0.05, 0) is 6.42 Å². The maximum atomic E-state index is 11.1. The Morgan fingerprint density at radius 3 is 2.31 bits per heavy atom. The number of rotatable bonds is 1. The van der Waals surface area contributed by atoms with Gasteiger partial charge in [0.25, 0.3) is 0 Å². The second kappa shape index (κ2) is 3.04. The first-order valence-electron chi connectivity index (χ1n) is 3.74. The lowest BCUT2D eigenvalue weighted by Gasteiger charge is -2.14. The van der Waals surface area contributed by atoms with Crippen LogP contribution in [0.25, 0.3) is 0 Å². The van der Waals surface area contributed by atoms with Crippen molar-refractivity contribution in [3.05, 3.63) is 0 Å². The van der Waals surface area contributed by atoms with Gasteiger partial charge in [-0.25, -0.2) is 14.5 Å². The first kappa shape index (κ1) is 9.50. The van der Waals surface area contributed by atoms with Crippen molar-refractivity contribution in [2.24, 2.45) is 5.92 Å². The average molecular weight is 187 g/mol. The van der Waals surface area contributed by atoms with E-state index in [1.165, 1.54) is 6.92 Å². The summed E-state index contributed by atoms with van der Waals surface area (Å²) in [6.07, 6.45) is -1.44. The predicted octanol–water partition coefficient (Wildman–Crippen LogP) is -0.0140. The van der Waals surface area contributed by atoms with E-state index in [1.54, 1.807) is 0 Å². The fourth-order valence-corrected chi connectivity index (χ4v) is 1.37. The van der Waals surface area contributed by atoms with Crippen LogP contribution >= 0.6 is 0 Å². The van der Waals surface area contributed by atoms with Gasteiger partial charge in [0, 0.05) is 5.92 Å². The van der Waals surface area contributed by atoms with Crippen LogP contribution in [0, 0.1) is 5.92 Å². The van der Waals surface area contributed by atoms with Crippen molar-refractivity contribution in [2.75, 3.05) is 0 Å². The Morgan fingerprint density at radius 1 is 1.46 bits per heavy atom. The number of nitrogens with zero attached hydrogens (tertiary/aromatic N) is 1. The summed E-state index contributed by atoms with van der Waals surface area (Å²) in [6, 6.07) is -1.22. The molecule has 0 bridgehead atoms. The van der Waals surface area contributed by atoms with Crippen LogP contribution in [-0.2, 0) is 9.59 Å². The summed E-state index contributed by atoms with van der Waals surface area (Å²) in [6.45, 7) is 1.52. The minimum absolute atomic E-state index is 0.0560. The second-order valence-electron chi connectivity index (χ2n) is 2.98. The Morgan fingerprint density at radius 2 is 2.00 bits per heavy atom. The van der Waals surface area contributed by atoms with Crippen LogP contribution < -0.4 is 0 Å². The normalized spacial score (nSPS) is 27.8. The molecule has 1 aliphatic heterocycles. The van der Waals surface area contributed by atoms with Crippen molar-refractivity contribution in [1.82, 2.24) is 4.90 Å². The van der Waals surface area contributed by atoms with Gasteiger partial charge in [0.2, 0.25) is 5.91 Å². The topological polar surface area (TPSA) is 94.9 Å². The number of aliphatic carboxylic acids is 1. The van der Waals surface area contributed by atoms with Gasteiger partial charge in [-0.2, -0.15) is 0 Å². The molecule has 1 heterocycles. The Balaban J connectivity index is 2.93. The van der Waals surface area contributed by atoms with Crippen molar-refractivity contribution in [2.45, 2.75) is 19.4 Å². The van der Waals surface area contributed by atoms with Gasteiger partial charge in [0.1, 0.15) is 6.04 Å². The van der Waals surface area contributed by atoms with Crippen LogP contribution in [0.2, 0.25) is 0 Å². The van der Waals surface area contributed by atoms with Gasteiger partial charge < -0.3 is 10.2 Å². The third-order valence-corrected chi connectivity index (χ3v) is 2.04. The average Bonchev–Trinajstić information content (AvgIpc) is 2.28. The Hall–Kier alpha value is -1.59. The summed E-state index contributed by atoms with van der Waals surface area (Å²) in [5, 5.41) is 17.2. The van der Waals surface area contributed by atoms with Gasteiger partial charge in [0.15, 0.2) is 0 Å². The van der Waals surface area contributed by atoms with E-state index in [0.29, 0.717) is 4.90 Å². The second-order valence-corrected chi connectivity index (χ2v) is 2.98. The largest absolute Gasteiger partial charge is 0.480 e. The molecule has 2 N–H and O–H groups in total. The third-order valence-electron chi connectivity index (χ3n) is 2.04. The number of imide groups is 1. The summed E-state index contributed by atoms with van der Waals surface area (Å²) in [7, 11) is 0. The van der Waals surface area contributed by atoms with Crippen LogP contribution in [0.4, 0.5) is 4.79 Å². The highest BCUT2D eigenvalue weighted by Gasteiger charge is 2.44. The quantitative estimate of drug-likeness (QED) is 0.601. The van der Waals surface area contributed by atoms with E-state index in [2.05, 4.69) is 0 Å². The first-order chi connectivity index (χ1) is 5.95. The minimum atomic E-state index is -1.50. The molecule has 2 atom stereocenters. The zero-order chi connectivity index (χ0) is 10.2. The van der Waals surface area contributed by atoms with Crippen LogP contribution in [0.5, 0.6) is 0 Å². The molecule has 0 spiro atoms. The van der Waals surface area contributed by atoms with Crippen molar-refractivity contribution in [3.8, 4) is 0 Å². The van der Waals surface area contributed by atoms with Gasteiger partial charge >= 0.3 is 12.1 Å². The minimum Gasteiger partial charge on any atom is -0.480 e. The molecular weight excluding hydrogens is 178 g/mol. The summed E-state index contributed by atoms with van der Waals surface area (Å²) in [5.74, 6) is -2.45. The third kappa shape index (κ3) is 1.47. The maximum absolute atomic E-state index is 11.1. The maximum Gasteiger partial charge on any atom is 0.414 e. The molecular formula is C7H9NO5. The van der Waals surface area contributed by atoms with Gasteiger partial charge in [0.05, 0.1) is 0 Å². The molecule has 1 saturated heterocycles. The fourth-order valence-electron chi connectivity index (χ4n) is 1.37. The lowest BCUT2D eigenvalue weighted by Crippen LogP contribution is -2.42. The molecule has 0 saturated carbocycles. The van der Waals surface area contributed by atoms with Gasteiger partial charge in [-0.3, -0.25) is 4.79 Å². The highest BCUT2D eigenvalue weighted by Crippen LogP contribution is 2.24. The zero-order valence-electron chi connectivity index (χ0n) is 6.93. The SMILES string of the molecule is C[C@H]1C[C@@H](C(=O)O)N(C(=O)O)C1=O. The predicted molar refractivity (Wildman–Crippen MR) is 40.1 cm³/mol. The molecule has 0 aromatic rings. The Bertz CT molecular complexity index is 274. The molecule has 0 aromatic heterocycles. The van der Waals surface area contributed by atoms with Gasteiger partial charge in [-0.1, -0.05) is 6.92 Å². The van der Waals surface area contributed by atoms with E-state index in [4.69, 9.17) is 10.2 Å². The molecule has 6 nitrogen and oxygen atoms in total. The van der Waals surface area contributed by atoms with E-state index < -0.39 is 29.9 Å². The number of carboxylic acids is 1. The van der Waals surface area contributed by atoms with E-state index in [-0.39, 0.29) is 6.42 Å². The number of likely N-dealkylation sites (tertiary alicyclic amines) is 1. The molecule has 6 heteroatoms. The van der Waals surface area contributed by atoms with Crippen LogP contribution in [-0.4, -0.2) is 39.1 Å². The van der Waals surface area contributed by atoms with Crippen LogP contribution in [0.3, 0.4) is 0 Å². The Kier molecular flexibility index (Phi) is 2.22. The number of amides is 2. The van der Waals surface area contributed by atoms with Crippen molar-refractivity contribution in [3.63, 3.8) is 0 Å². The lowest BCUT2D eigenvalue weighted by molar-refractivity contribution is -0.145. The number of carboxylic acid groups (broad SMARTS) is 2. The molecule has 0 aliphatic carbocycles. The highest BCUT2D eigenvalue weighted by atomic mass is 16.4. The highest BCUT2D eigenvalue weighted by molar-refractivity contribution is 5.99. The zero-order valence-corrected chi connectivity index (χ0v) is 6.93. The number of hydrogen-bond donors (Lipinski definition) is 2. The molecule has 72 valence electrons. The van der Waals surface area contributed by atoms with Crippen molar-refractivity contribution >= 4 is 18.0 Å². The van der Waals surface area contributed by atoms with Crippen molar-refractivity contribution in [1.29, 1.82) is 0 Å². The number of hydrogen-bond acceptors (Lipinski definition) is 3. The summed E-state index contributed by atoms with van der Waals surface area (Å²) in [5.41, 5.74) is 0. The fraction of sp³-hybridized carbons (Fsp3) is 0.571. The van der Waals surface area contributed by atoms with Crippen molar-refractivity contribution < 1.29 is 24.6 Å². The van der Waals surface area contributed by atoms with E-state index in [9.17, 15) is 14.4 Å². The van der Waals surface area contributed by atoms with E-state index in [0.717, 1.165) is 0 Å². The summed E-state index contributed by atoms with van der Waals surface area (Å²) < 4.78 is 0. The molecule has 0 unspecified atom stereocenters.